The molecule has 3 N–H and O–H groups in total. The van der Waals surface area contributed by atoms with E-state index in [1.165, 1.54) is 0 Å². The molecule has 0 aromatic heterocycles. The van der Waals surface area contributed by atoms with Crippen LogP contribution in [0.3, 0.4) is 0 Å². The fraction of sp³-hybridized carbons (Fsp3) is 0.467. The molecule has 0 aliphatic rings. The van der Waals surface area contributed by atoms with Crippen LogP contribution in [0.25, 0.3) is 0 Å². The number of nitrogens with one attached hydrogen (secondary N) is 1. The maximum Gasteiger partial charge on any atom is 0.240 e. The number of hydrogen-bond donors (Lipinski definition) is 2. The largest absolute Gasteiger partial charge is 0.368 e. The summed E-state index contributed by atoms with van der Waals surface area (Å²) in [4.78, 5) is 23.8. The second-order valence-electron chi connectivity index (χ2n) is 5.27. The van der Waals surface area contributed by atoms with Crippen molar-refractivity contribution in [2.75, 3.05) is 5.75 Å². The van der Waals surface area contributed by atoms with Crippen LogP contribution >= 0.6 is 0 Å². The van der Waals surface area contributed by atoms with Gasteiger partial charge in [-0.3, -0.25) is 13.8 Å². The van der Waals surface area contributed by atoms with Gasteiger partial charge in [-0.15, -0.1) is 0 Å². The van der Waals surface area contributed by atoms with Crippen LogP contribution in [0.5, 0.6) is 0 Å². The van der Waals surface area contributed by atoms with E-state index in [1.54, 1.807) is 12.1 Å². The maximum absolute atomic E-state index is 12.1. The Kier molecular flexibility index (Phi) is 7.08. The lowest BCUT2D eigenvalue weighted by Gasteiger charge is -2.16. The molecule has 116 valence electrons. The van der Waals surface area contributed by atoms with Crippen LogP contribution in [-0.2, 0) is 20.4 Å². The second kappa shape index (κ2) is 8.56. The van der Waals surface area contributed by atoms with Crippen LogP contribution in [-0.4, -0.2) is 27.8 Å². The van der Waals surface area contributed by atoms with Crippen LogP contribution in [0.2, 0.25) is 0 Å². The van der Waals surface area contributed by atoms with Crippen molar-refractivity contribution in [2.24, 2.45) is 11.7 Å². The first-order valence-corrected chi connectivity index (χ1v) is 8.24. The van der Waals surface area contributed by atoms with Crippen LogP contribution < -0.4 is 11.1 Å². The smallest absolute Gasteiger partial charge is 0.240 e. The van der Waals surface area contributed by atoms with Crippen molar-refractivity contribution in [3.05, 3.63) is 30.3 Å². The summed E-state index contributed by atoms with van der Waals surface area (Å²) >= 11 is 0. The van der Waals surface area contributed by atoms with E-state index in [4.69, 9.17) is 5.73 Å². The molecular weight excluding hydrogens is 288 g/mol. The number of hydrogen-bond acceptors (Lipinski definition) is 3. The number of nitrogens with two attached hydrogens (primary N) is 1. The van der Waals surface area contributed by atoms with E-state index in [-0.39, 0.29) is 24.0 Å². The molecule has 0 fully saturated rings. The molecule has 0 radical (unpaired) electrons. The topological polar surface area (TPSA) is 89.3 Å². The Morgan fingerprint density at radius 1 is 1.24 bits per heavy atom. The van der Waals surface area contributed by atoms with Gasteiger partial charge in [0.05, 0.1) is 10.8 Å². The molecule has 1 rings (SSSR count). The SMILES string of the molecule is CC(C)CC(=O)N[C@H](CC[S@](=O)c1ccccc1)C(N)=O. The van der Waals surface area contributed by atoms with Crippen molar-refractivity contribution in [3.8, 4) is 0 Å². The molecule has 0 saturated heterocycles. The molecule has 0 heterocycles. The molecule has 2 amide bonds. The minimum atomic E-state index is -1.21. The molecule has 0 saturated carbocycles. The molecule has 0 bridgehead atoms. The van der Waals surface area contributed by atoms with Crippen LogP contribution in [0, 0.1) is 5.92 Å². The zero-order valence-corrected chi connectivity index (χ0v) is 13.2. The summed E-state index contributed by atoms with van der Waals surface area (Å²) in [6.07, 6.45) is 0.603. The Morgan fingerprint density at radius 2 is 1.86 bits per heavy atom. The fourth-order valence-corrected chi connectivity index (χ4v) is 2.97. The van der Waals surface area contributed by atoms with Gasteiger partial charge >= 0.3 is 0 Å². The lowest BCUT2D eigenvalue weighted by molar-refractivity contribution is -0.127. The summed E-state index contributed by atoms with van der Waals surface area (Å²) in [6, 6.07) is 8.23. The van der Waals surface area contributed by atoms with Crippen molar-refractivity contribution < 1.29 is 13.8 Å². The van der Waals surface area contributed by atoms with E-state index in [0.29, 0.717) is 11.3 Å². The van der Waals surface area contributed by atoms with Gasteiger partial charge in [-0.25, -0.2) is 0 Å². The van der Waals surface area contributed by atoms with Gasteiger partial charge in [0.2, 0.25) is 11.8 Å². The van der Waals surface area contributed by atoms with Gasteiger partial charge in [0.25, 0.3) is 0 Å². The summed E-state index contributed by atoms with van der Waals surface area (Å²) in [6.45, 7) is 3.84. The molecule has 2 atom stereocenters. The van der Waals surface area contributed by atoms with Gasteiger partial charge in [-0.2, -0.15) is 0 Å². The lowest BCUT2D eigenvalue weighted by Crippen LogP contribution is -2.45. The molecular formula is C15H22N2O3S. The average molecular weight is 310 g/mol. The van der Waals surface area contributed by atoms with Crippen molar-refractivity contribution in [1.29, 1.82) is 0 Å². The highest BCUT2D eigenvalue weighted by atomic mass is 32.2. The van der Waals surface area contributed by atoms with E-state index >= 15 is 0 Å². The van der Waals surface area contributed by atoms with E-state index < -0.39 is 22.7 Å². The van der Waals surface area contributed by atoms with Crippen LogP contribution in [0.4, 0.5) is 0 Å². The first-order chi connectivity index (χ1) is 9.90. The van der Waals surface area contributed by atoms with Crippen LogP contribution in [0.1, 0.15) is 26.7 Å². The summed E-state index contributed by atoms with van der Waals surface area (Å²) in [5.41, 5.74) is 5.29. The van der Waals surface area contributed by atoms with Crippen LogP contribution in [0.15, 0.2) is 35.2 Å². The zero-order valence-electron chi connectivity index (χ0n) is 12.4. The van der Waals surface area contributed by atoms with Gasteiger partial charge in [-0.05, 0) is 24.5 Å². The van der Waals surface area contributed by atoms with E-state index in [2.05, 4.69) is 5.32 Å². The molecule has 0 aliphatic carbocycles. The average Bonchev–Trinajstić information content (AvgIpc) is 2.42. The van der Waals surface area contributed by atoms with Gasteiger partial charge in [-0.1, -0.05) is 32.0 Å². The molecule has 0 spiro atoms. The quantitative estimate of drug-likeness (QED) is 0.756. The maximum atomic E-state index is 12.1. The zero-order chi connectivity index (χ0) is 15.8. The van der Waals surface area contributed by atoms with Crippen molar-refractivity contribution in [1.82, 2.24) is 5.32 Å². The second-order valence-corrected chi connectivity index (χ2v) is 6.84. The third-order valence-electron chi connectivity index (χ3n) is 2.87. The molecule has 21 heavy (non-hydrogen) atoms. The highest BCUT2D eigenvalue weighted by Crippen LogP contribution is 2.08. The Labute approximate surface area is 127 Å². The number of carbonyl (C=O) groups is 2. The summed E-state index contributed by atoms with van der Waals surface area (Å²) in [7, 11) is -1.21. The molecule has 5 nitrogen and oxygen atoms in total. The molecule has 1 aromatic carbocycles. The van der Waals surface area contributed by atoms with E-state index in [9.17, 15) is 13.8 Å². The standard InChI is InChI=1S/C15H22N2O3S/c1-11(2)10-14(18)17-13(15(16)19)8-9-21(20)12-6-4-3-5-7-12/h3-7,11,13H,8-10H2,1-2H3,(H2,16,19)(H,17,18)/t13-,21+/m1/s1. The van der Waals surface area contributed by atoms with Crippen molar-refractivity contribution in [3.63, 3.8) is 0 Å². The third-order valence-corrected chi connectivity index (χ3v) is 4.27. The minimum absolute atomic E-state index is 0.206. The number of rotatable bonds is 8. The van der Waals surface area contributed by atoms with Crippen molar-refractivity contribution in [2.45, 2.75) is 37.6 Å². The molecule has 0 unspecified atom stereocenters. The van der Waals surface area contributed by atoms with Gasteiger partial charge in [0.1, 0.15) is 6.04 Å². The molecule has 0 aliphatic heterocycles. The predicted molar refractivity (Wildman–Crippen MR) is 82.9 cm³/mol. The lowest BCUT2D eigenvalue weighted by atomic mass is 10.1. The van der Waals surface area contributed by atoms with E-state index in [0.717, 1.165) is 0 Å². The van der Waals surface area contributed by atoms with Gasteiger partial charge < -0.3 is 11.1 Å². The number of amides is 2. The normalized spacial score (nSPS) is 13.7. The molecule has 1 aromatic rings. The summed E-state index contributed by atoms with van der Waals surface area (Å²) in [5, 5.41) is 2.61. The predicted octanol–water partition coefficient (Wildman–Crippen LogP) is 1.20. The minimum Gasteiger partial charge on any atom is -0.368 e. The summed E-state index contributed by atoms with van der Waals surface area (Å²) < 4.78 is 12.1. The molecule has 6 heteroatoms. The number of primary amides is 1. The third kappa shape index (κ3) is 6.53. The fourth-order valence-electron chi connectivity index (χ4n) is 1.82. The first-order valence-electron chi connectivity index (χ1n) is 6.92. The van der Waals surface area contributed by atoms with Gasteiger partial charge in [0.15, 0.2) is 0 Å². The highest BCUT2D eigenvalue weighted by molar-refractivity contribution is 7.85. The monoisotopic (exact) mass is 310 g/mol. The Balaban J connectivity index is 2.54. The van der Waals surface area contributed by atoms with Gasteiger partial charge in [0, 0.05) is 17.1 Å². The van der Waals surface area contributed by atoms with E-state index in [1.807, 2.05) is 32.0 Å². The number of benzene rings is 1. The summed E-state index contributed by atoms with van der Waals surface area (Å²) in [5.74, 6) is -0.326. The number of carbonyl (C=O) groups excluding carboxylic acids is 2. The first kappa shape index (κ1) is 17.4. The Morgan fingerprint density at radius 3 is 2.38 bits per heavy atom. The Hall–Kier alpha value is -1.69. The highest BCUT2D eigenvalue weighted by Gasteiger charge is 2.19. The van der Waals surface area contributed by atoms with Crippen molar-refractivity contribution >= 4 is 22.6 Å². The Bertz CT molecular complexity index is 503.